The summed E-state index contributed by atoms with van der Waals surface area (Å²) in [6, 6.07) is 11.8. The fourth-order valence-corrected chi connectivity index (χ4v) is 3.52. The SMILES string of the molecule is CC(C)CCNC(=O)Cn1cnc2sc(-c3ccccc3)cc2c1=O. The molecule has 1 N–H and O–H groups in total. The number of nitrogens with one attached hydrogen (secondary N) is 1. The Labute approximate surface area is 150 Å². The van der Waals surface area contributed by atoms with E-state index in [1.807, 2.05) is 36.4 Å². The number of rotatable bonds is 6. The number of amides is 1. The van der Waals surface area contributed by atoms with Gasteiger partial charge >= 0.3 is 0 Å². The van der Waals surface area contributed by atoms with E-state index in [1.165, 1.54) is 22.2 Å². The van der Waals surface area contributed by atoms with E-state index in [-0.39, 0.29) is 18.0 Å². The molecule has 3 rings (SSSR count). The molecule has 5 nitrogen and oxygen atoms in total. The third-order valence-corrected chi connectivity index (χ3v) is 5.03. The molecule has 6 heteroatoms. The molecule has 0 unspecified atom stereocenters. The minimum Gasteiger partial charge on any atom is -0.355 e. The summed E-state index contributed by atoms with van der Waals surface area (Å²) in [5.74, 6) is 0.366. The summed E-state index contributed by atoms with van der Waals surface area (Å²) in [7, 11) is 0. The van der Waals surface area contributed by atoms with Gasteiger partial charge in [-0.15, -0.1) is 11.3 Å². The molecule has 0 fully saturated rings. The van der Waals surface area contributed by atoms with Crippen LogP contribution in [0, 0.1) is 5.92 Å². The number of hydrogen-bond donors (Lipinski definition) is 1. The van der Waals surface area contributed by atoms with Crippen molar-refractivity contribution in [2.45, 2.75) is 26.8 Å². The number of aromatic nitrogens is 2. The predicted molar refractivity (Wildman–Crippen MR) is 102 cm³/mol. The normalized spacial score (nSPS) is 11.2. The lowest BCUT2D eigenvalue weighted by Crippen LogP contribution is -2.33. The van der Waals surface area contributed by atoms with Gasteiger partial charge in [0.2, 0.25) is 5.91 Å². The van der Waals surface area contributed by atoms with Gasteiger partial charge in [-0.3, -0.25) is 14.2 Å². The van der Waals surface area contributed by atoms with E-state index in [4.69, 9.17) is 0 Å². The maximum atomic E-state index is 12.6. The Morgan fingerprint density at radius 3 is 2.76 bits per heavy atom. The monoisotopic (exact) mass is 355 g/mol. The minimum atomic E-state index is -0.178. The lowest BCUT2D eigenvalue weighted by atomic mass is 10.1. The Morgan fingerprint density at radius 2 is 2.04 bits per heavy atom. The van der Waals surface area contributed by atoms with Gasteiger partial charge in [0.25, 0.3) is 5.56 Å². The molecule has 1 aromatic carbocycles. The van der Waals surface area contributed by atoms with Crippen LogP contribution in [-0.2, 0) is 11.3 Å². The van der Waals surface area contributed by atoms with Crippen molar-refractivity contribution in [2.24, 2.45) is 5.92 Å². The highest BCUT2D eigenvalue weighted by Gasteiger charge is 2.12. The van der Waals surface area contributed by atoms with Crippen LogP contribution >= 0.6 is 11.3 Å². The summed E-state index contributed by atoms with van der Waals surface area (Å²) in [6.45, 7) is 4.83. The van der Waals surface area contributed by atoms with Crippen LogP contribution in [0.5, 0.6) is 0 Å². The first-order chi connectivity index (χ1) is 12.0. The lowest BCUT2D eigenvalue weighted by molar-refractivity contribution is -0.121. The zero-order valence-corrected chi connectivity index (χ0v) is 15.2. The number of carbonyl (C=O) groups excluding carboxylic acids is 1. The van der Waals surface area contributed by atoms with Crippen LogP contribution in [0.1, 0.15) is 20.3 Å². The van der Waals surface area contributed by atoms with Gasteiger partial charge in [-0.25, -0.2) is 4.98 Å². The van der Waals surface area contributed by atoms with E-state index in [0.29, 0.717) is 22.7 Å². The predicted octanol–water partition coefficient (Wildman–Crippen LogP) is 3.29. The Morgan fingerprint density at radius 1 is 1.28 bits per heavy atom. The van der Waals surface area contributed by atoms with Crippen molar-refractivity contribution < 1.29 is 4.79 Å². The Hall–Kier alpha value is -2.47. The zero-order chi connectivity index (χ0) is 17.8. The third-order valence-electron chi connectivity index (χ3n) is 3.93. The summed E-state index contributed by atoms with van der Waals surface area (Å²) in [5, 5.41) is 3.40. The third kappa shape index (κ3) is 4.14. The maximum Gasteiger partial charge on any atom is 0.262 e. The summed E-state index contributed by atoms with van der Waals surface area (Å²) in [6.07, 6.45) is 2.38. The van der Waals surface area contributed by atoms with Crippen LogP contribution < -0.4 is 10.9 Å². The van der Waals surface area contributed by atoms with Crippen molar-refractivity contribution in [3.8, 4) is 10.4 Å². The molecular formula is C19H21N3O2S. The minimum absolute atomic E-state index is 0.00359. The van der Waals surface area contributed by atoms with E-state index in [0.717, 1.165) is 16.9 Å². The lowest BCUT2D eigenvalue weighted by Gasteiger charge is -2.08. The topological polar surface area (TPSA) is 64.0 Å². The van der Waals surface area contributed by atoms with E-state index < -0.39 is 0 Å². The molecule has 0 aliphatic carbocycles. The number of benzene rings is 1. The molecule has 0 radical (unpaired) electrons. The number of hydrogen-bond acceptors (Lipinski definition) is 4. The molecule has 1 amide bonds. The average molecular weight is 355 g/mol. The second-order valence-electron chi connectivity index (χ2n) is 6.41. The number of nitrogens with zero attached hydrogens (tertiary/aromatic N) is 2. The van der Waals surface area contributed by atoms with Gasteiger partial charge in [0.1, 0.15) is 11.4 Å². The van der Waals surface area contributed by atoms with Gasteiger partial charge in [-0.2, -0.15) is 0 Å². The Kier molecular flexibility index (Phi) is 5.28. The van der Waals surface area contributed by atoms with Crippen molar-refractivity contribution in [3.05, 3.63) is 53.1 Å². The molecule has 2 aromatic heterocycles. The number of thiophene rings is 1. The smallest absolute Gasteiger partial charge is 0.262 e. The highest BCUT2D eigenvalue weighted by atomic mass is 32.1. The van der Waals surface area contributed by atoms with Gasteiger partial charge in [0, 0.05) is 11.4 Å². The molecule has 0 aliphatic heterocycles. The maximum absolute atomic E-state index is 12.6. The highest BCUT2D eigenvalue weighted by molar-refractivity contribution is 7.21. The van der Waals surface area contributed by atoms with Gasteiger partial charge in [-0.05, 0) is 24.0 Å². The first kappa shape index (κ1) is 17.4. The average Bonchev–Trinajstić information content (AvgIpc) is 3.03. The second-order valence-corrected chi connectivity index (χ2v) is 7.44. The van der Waals surface area contributed by atoms with E-state index in [1.54, 1.807) is 0 Å². The van der Waals surface area contributed by atoms with Gasteiger partial charge in [0.15, 0.2) is 0 Å². The van der Waals surface area contributed by atoms with Gasteiger partial charge < -0.3 is 5.32 Å². The molecule has 0 saturated heterocycles. The molecule has 0 saturated carbocycles. The summed E-state index contributed by atoms with van der Waals surface area (Å²) in [5.41, 5.74) is 0.880. The van der Waals surface area contributed by atoms with Crippen LogP contribution in [0.25, 0.3) is 20.7 Å². The number of carbonyl (C=O) groups is 1. The molecule has 0 aliphatic rings. The fourth-order valence-electron chi connectivity index (χ4n) is 2.53. The van der Waals surface area contributed by atoms with Crippen LogP contribution in [-0.4, -0.2) is 22.0 Å². The first-order valence-corrected chi connectivity index (χ1v) is 9.17. The van der Waals surface area contributed by atoms with Crippen LogP contribution in [0.2, 0.25) is 0 Å². The zero-order valence-electron chi connectivity index (χ0n) is 14.4. The van der Waals surface area contributed by atoms with E-state index in [2.05, 4.69) is 24.1 Å². The van der Waals surface area contributed by atoms with Gasteiger partial charge in [-0.1, -0.05) is 44.2 Å². The van der Waals surface area contributed by atoms with E-state index in [9.17, 15) is 9.59 Å². The highest BCUT2D eigenvalue weighted by Crippen LogP contribution is 2.30. The van der Waals surface area contributed by atoms with Crippen LogP contribution in [0.15, 0.2) is 47.5 Å². The Balaban J connectivity index is 1.80. The van der Waals surface area contributed by atoms with E-state index >= 15 is 0 Å². The molecule has 0 bridgehead atoms. The quantitative estimate of drug-likeness (QED) is 0.738. The molecule has 25 heavy (non-hydrogen) atoms. The van der Waals surface area contributed by atoms with Crippen molar-refractivity contribution in [1.82, 2.24) is 14.9 Å². The standard InChI is InChI=1S/C19H21N3O2S/c1-13(2)8-9-20-17(23)11-22-12-21-18-15(19(22)24)10-16(25-18)14-6-4-3-5-7-14/h3-7,10,12-13H,8-9,11H2,1-2H3,(H,20,23). The van der Waals surface area contributed by atoms with Crippen molar-refractivity contribution in [3.63, 3.8) is 0 Å². The molecule has 2 heterocycles. The molecule has 130 valence electrons. The first-order valence-electron chi connectivity index (χ1n) is 8.35. The summed E-state index contributed by atoms with van der Waals surface area (Å²) < 4.78 is 1.37. The number of fused-ring (bicyclic) bond motifs is 1. The van der Waals surface area contributed by atoms with Crippen molar-refractivity contribution in [1.29, 1.82) is 0 Å². The fraction of sp³-hybridized carbons (Fsp3) is 0.316. The van der Waals surface area contributed by atoms with Crippen molar-refractivity contribution in [2.75, 3.05) is 6.54 Å². The van der Waals surface area contributed by atoms with Crippen LogP contribution in [0.4, 0.5) is 0 Å². The van der Waals surface area contributed by atoms with Crippen molar-refractivity contribution >= 4 is 27.5 Å². The Bertz CT molecular complexity index is 929. The van der Waals surface area contributed by atoms with Crippen LogP contribution in [0.3, 0.4) is 0 Å². The largest absolute Gasteiger partial charge is 0.355 e. The summed E-state index contributed by atoms with van der Waals surface area (Å²) >= 11 is 1.48. The second kappa shape index (κ2) is 7.61. The summed E-state index contributed by atoms with van der Waals surface area (Å²) in [4.78, 5) is 30.7. The van der Waals surface area contributed by atoms with Gasteiger partial charge in [0.05, 0.1) is 11.7 Å². The molecule has 3 aromatic rings. The molecule has 0 spiro atoms. The molecule has 0 atom stereocenters. The molecular weight excluding hydrogens is 334 g/mol.